The van der Waals surface area contributed by atoms with Gasteiger partial charge in [0.05, 0.1) is 6.04 Å². The zero-order valence-corrected chi connectivity index (χ0v) is 22.2. The molecule has 0 aromatic heterocycles. The number of carbonyl (C=O) groups is 3. The van der Waals surface area contributed by atoms with Crippen LogP contribution in [0.3, 0.4) is 0 Å². The summed E-state index contributed by atoms with van der Waals surface area (Å²) < 4.78 is 5.59. The van der Waals surface area contributed by atoms with Gasteiger partial charge in [0, 0.05) is 40.5 Å². The van der Waals surface area contributed by atoms with Gasteiger partial charge in [-0.1, -0.05) is 29.8 Å². The molecule has 7 nitrogen and oxygen atoms in total. The van der Waals surface area contributed by atoms with Crippen LogP contribution in [0, 0.1) is 0 Å². The minimum atomic E-state index is -0.993. The summed E-state index contributed by atoms with van der Waals surface area (Å²) in [6.45, 7) is 5.14. The van der Waals surface area contributed by atoms with Crippen LogP contribution >= 0.6 is 11.6 Å². The SMILES string of the molecule is CC(=O)N(c1ccc(Cl)cc1)[C@@H]1C[C@H](C)N(C(=O)c2ccc(OC/C=C(\C)C(=O)O)cc2)c2ccccc21. The number of hydrogen-bond acceptors (Lipinski definition) is 4. The first kappa shape index (κ1) is 26.9. The molecule has 2 atom stereocenters. The molecule has 196 valence electrons. The first-order valence-corrected chi connectivity index (χ1v) is 12.7. The molecule has 1 aliphatic heterocycles. The number of halogens is 1. The van der Waals surface area contributed by atoms with Gasteiger partial charge in [0.25, 0.3) is 5.91 Å². The predicted molar refractivity (Wildman–Crippen MR) is 148 cm³/mol. The van der Waals surface area contributed by atoms with E-state index in [-0.39, 0.29) is 36.1 Å². The second kappa shape index (κ2) is 11.5. The van der Waals surface area contributed by atoms with Gasteiger partial charge in [0.1, 0.15) is 12.4 Å². The number of carbonyl (C=O) groups excluding carboxylic acids is 2. The Labute approximate surface area is 226 Å². The van der Waals surface area contributed by atoms with Gasteiger partial charge in [-0.15, -0.1) is 0 Å². The van der Waals surface area contributed by atoms with Crippen LogP contribution in [-0.2, 0) is 9.59 Å². The summed E-state index contributed by atoms with van der Waals surface area (Å²) >= 11 is 6.08. The van der Waals surface area contributed by atoms with Crippen LogP contribution in [-0.4, -0.2) is 35.5 Å². The maximum Gasteiger partial charge on any atom is 0.331 e. The number of carboxylic acid groups (broad SMARTS) is 1. The minimum absolute atomic E-state index is 0.0944. The number of benzene rings is 3. The van der Waals surface area contributed by atoms with Crippen molar-refractivity contribution in [2.24, 2.45) is 0 Å². The normalized spacial score (nSPS) is 16.9. The van der Waals surface area contributed by atoms with Crippen molar-refractivity contribution in [3.05, 3.63) is 101 Å². The van der Waals surface area contributed by atoms with Crippen LogP contribution in [0.4, 0.5) is 11.4 Å². The van der Waals surface area contributed by atoms with Crippen molar-refractivity contribution in [2.45, 2.75) is 39.3 Å². The van der Waals surface area contributed by atoms with Crippen molar-refractivity contribution in [3.63, 3.8) is 0 Å². The molecule has 0 unspecified atom stereocenters. The first-order valence-electron chi connectivity index (χ1n) is 12.3. The van der Waals surface area contributed by atoms with E-state index in [1.165, 1.54) is 13.0 Å². The zero-order valence-electron chi connectivity index (χ0n) is 21.4. The number of hydrogen-bond donors (Lipinski definition) is 1. The molecule has 1 aliphatic rings. The number of amides is 2. The van der Waals surface area contributed by atoms with E-state index in [0.29, 0.717) is 22.8 Å². The third kappa shape index (κ3) is 5.73. The van der Waals surface area contributed by atoms with Crippen molar-refractivity contribution in [1.29, 1.82) is 0 Å². The van der Waals surface area contributed by atoms with E-state index in [1.807, 2.05) is 43.3 Å². The number of fused-ring (bicyclic) bond motifs is 1. The van der Waals surface area contributed by atoms with E-state index in [1.54, 1.807) is 53.1 Å². The predicted octanol–water partition coefficient (Wildman–Crippen LogP) is 6.28. The van der Waals surface area contributed by atoms with Crippen molar-refractivity contribution < 1.29 is 24.2 Å². The molecule has 2 amide bonds. The van der Waals surface area contributed by atoms with E-state index >= 15 is 0 Å². The quantitative estimate of drug-likeness (QED) is 0.362. The molecular formula is C30H29ClN2O5. The first-order chi connectivity index (χ1) is 18.2. The molecule has 4 rings (SSSR count). The molecule has 0 radical (unpaired) electrons. The number of aliphatic carboxylic acids is 1. The maximum atomic E-state index is 13.7. The molecule has 8 heteroatoms. The molecule has 1 heterocycles. The summed E-state index contributed by atoms with van der Waals surface area (Å²) in [6.07, 6.45) is 2.04. The fraction of sp³-hybridized carbons (Fsp3) is 0.233. The van der Waals surface area contributed by atoms with Gasteiger partial charge in [-0.3, -0.25) is 9.59 Å². The monoisotopic (exact) mass is 532 g/mol. The highest BCUT2D eigenvalue weighted by molar-refractivity contribution is 6.30. The van der Waals surface area contributed by atoms with Gasteiger partial charge in [0.2, 0.25) is 5.91 Å². The zero-order chi connectivity index (χ0) is 27.4. The topological polar surface area (TPSA) is 87.2 Å². The summed E-state index contributed by atoms with van der Waals surface area (Å²) in [5.41, 5.74) is 3.10. The molecule has 38 heavy (non-hydrogen) atoms. The number of carboxylic acids is 1. The fourth-order valence-electron chi connectivity index (χ4n) is 4.70. The summed E-state index contributed by atoms with van der Waals surface area (Å²) in [6, 6.07) is 21.2. The van der Waals surface area contributed by atoms with E-state index in [0.717, 1.165) is 16.9 Å². The maximum absolute atomic E-state index is 13.7. The molecule has 0 saturated carbocycles. The number of nitrogens with zero attached hydrogens (tertiary/aromatic N) is 2. The van der Waals surface area contributed by atoms with Gasteiger partial charge in [-0.2, -0.15) is 0 Å². The number of ether oxygens (including phenoxy) is 1. The minimum Gasteiger partial charge on any atom is -0.490 e. The molecule has 0 bridgehead atoms. The van der Waals surface area contributed by atoms with Crippen LogP contribution < -0.4 is 14.5 Å². The van der Waals surface area contributed by atoms with Crippen molar-refractivity contribution in [1.82, 2.24) is 0 Å². The Balaban J connectivity index is 1.60. The summed E-state index contributed by atoms with van der Waals surface area (Å²) in [5, 5.41) is 9.54. The Bertz CT molecular complexity index is 1370. The number of para-hydroxylation sites is 1. The van der Waals surface area contributed by atoms with E-state index < -0.39 is 5.97 Å². The molecule has 1 N–H and O–H groups in total. The van der Waals surface area contributed by atoms with Crippen LogP contribution in [0.5, 0.6) is 5.75 Å². The van der Waals surface area contributed by atoms with Gasteiger partial charge >= 0.3 is 5.97 Å². The van der Waals surface area contributed by atoms with Crippen LogP contribution in [0.15, 0.2) is 84.4 Å². The lowest BCUT2D eigenvalue weighted by Crippen LogP contribution is -2.47. The van der Waals surface area contributed by atoms with E-state index in [9.17, 15) is 14.4 Å². The van der Waals surface area contributed by atoms with Crippen LogP contribution in [0.25, 0.3) is 0 Å². The molecular weight excluding hydrogens is 504 g/mol. The Hall–Kier alpha value is -4.10. The molecule has 0 fully saturated rings. The van der Waals surface area contributed by atoms with Crippen molar-refractivity contribution in [2.75, 3.05) is 16.4 Å². The third-order valence-corrected chi connectivity index (χ3v) is 6.87. The van der Waals surface area contributed by atoms with Crippen LogP contribution in [0.2, 0.25) is 5.02 Å². The van der Waals surface area contributed by atoms with Crippen molar-refractivity contribution >= 4 is 40.8 Å². The standard InChI is InChI=1S/C30H29ClN2O5/c1-19(30(36)37)16-17-38-25-14-8-22(9-15-25)29(35)32-20(2)18-28(26-6-4-5-7-27(26)32)33(21(3)34)24-12-10-23(31)11-13-24/h4-16,20,28H,17-18H2,1-3H3,(H,36,37)/b19-16+/t20-,28+/m0/s1. The fourth-order valence-corrected chi connectivity index (χ4v) is 4.83. The summed E-state index contributed by atoms with van der Waals surface area (Å²) in [4.78, 5) is 41.0. The van der Waals surface area contributed by atoms with Crippen LogP contribution in [0.1, 0.15) is 49.2 Å². The smallest absolute Gasteiger partial charge is 0.331 e. The molecule has 0 spiro atoms. The average molecular weight is 533 g/mol. The van der Waals surface area contributed by atoms with E-state index in [2.05, 4.69) is 0 Å². The Morgan fingerprint density at radius 2 is 1.68 bits per heavy atom. The lowest BCUT2D eigenvalue weighted by molar-refractivity contribution is -0.132. The lowest BCUT2D eigenvalue weighted by atomic mass is 9.89. The van der Waals surface area contributed by atoms with Crippen molar-refractivity contribution in [3.8, 4) is 5.75 Å². The largest absolute Gasteiger partial charge is 0.490 e. The molecule has 0 saturated heterocycles. The molecule has 3 aromatic rings. The molecule has 3 aromatic carbocycles. The summed E-state index contributed by atoms with van der Waals surface area (Å²) in [7, 11) is 0. The second-order valence-corrected chi connectivity index (χ2v) is 9.66. The number of rotatable bonds is 7. The highest BCUT2D eigenvalue weighted by Gasteiger charge is 2.38. The highest BCUT2D eigenvalue weighted by atomic mass is 35.5. The average Bonchev–Trinajstić information content (AvgIpc) is 2.89. The second-order valence-electron chi connectivity index (χ2n) is 9.23. The Morgan fingerprint density at radius 3 is 2.32 bits per heavy atom. The molecule has 0 aliphatic carbocycles. The van der Waals surface area contributed by atoms with Gasteiger partial charge in [-0.05, 0) is 86.5 Å². The highest BCUT2D eigenvalue weighted by Crippen LogP contribution is 2.43. The summed E-state index contributed by atoms with van der Waals surface area (Å²) in [5.74, 6) is -0.712. The van der Waals surface area contributed by atoms with Gasteiger partial charge in [-0.25, -0.2) is 4.79 Å². The van der Waals surface area contributed by atoms with E-state index in [4.69, 9.17) is 21.4 Å². The Morgan fingerprint density at radius 1 is 1.03 bits per heavy atom. The third-order valence-electron chi connectivity index (χ3n) is 6.61. The van der Waals surface area contributed by atoms with Gasteiger partial charge in [0.15, 0.2) is 0 Å². The Kier molecular flexibility index (Phi) is 8.17. The number of anilines is 2. The van der Waals surface area contributed by atoms with Gasteiger partial charge < -0.3 is 19.6 Å². The lowest BCUT2D eigenvalue weighted by Gasteiger charge is -2.43.